The Hall–Kier alpha value is -2.35. The normalized spacial score (nSPS) is 23.0. The van der Waals surface area contributed by atoms with Gasteiger partial charge in [-0.05, 0) is 30.7 Å². The molecule has 1 saturated heterocycles. The summed E-state index contributed by atoms with van der Waals surface area (Å²) in [5, 5.41) is 8.54. The number of piperidine rings is 1. The van der Waals surface area contributed by atoms with Crippen LogP contribution in [0.4, 0.5) is 8.78 Å². The highest BCUT2D eigenvalue weighted by molar-refractivity contribution is 5.81. The summed E-state index contributed by atoms with van der Waals surface area (Å²) in [5.41, 5.74) is 6.32. The van der Waals surface area contributed by atoms with E-state index in [9.17, 15) is 4.39 Å². The Bertz CT molecular complexity index is 927. The van der Waals surface area contributed by atoms with E-state index in [0.717, 1.165) is 22.2 Å². The zero-order chi connectivity index (χ0) is 18.9. The largest absolute Gasteiger partial charge is 0.362 e. The van der Waals surface area contributed by atoms with Crippen LogP contribution in [0.5, 0.6) is 0 Å². The number of aromatic nitrogens is 2. The lowest BCUT2D eigenvalue weighted by molar-refractivity contribution is 0.0214. The minimum atomic E-state index is -1.99. The van der Waals surface area contributed by atoms with Gasteiger partial charge in [0.25, 0.3) is 0 Å². The van der Waals surface area contributed by atoms with Crippen molar-refractivity contribution in [1.82, 2.24) is 15.1 Å². The summed E-state index contributed by atoms with van der Waals surface area (Å²) in [6.07, 6.45) is 0.583. The molecule has 2 heterocycles. The van der Waals surface area contributed by atoms with E-state index in [4.69, 9.17) is 10.5 Å². The highest BCUT2D eigenvalue weighted by Gasteiger charge is 2.43. The van der Waals surface area contributed by atoms with Crippen LogP contribution in [0.1, 0.15) is 17.5 Å². The van der Waals surface area contributed by atoms with Crippen molar-refractivity contribution in [3.8, 4) is 5.69 Å². The van der Waals surface area contributed by atoms with E-state index in [1.165, 1.54) is 0 Å². The van der Waals surface area contributed by atoms with E-state index in [-0.39, 0.29) is 19.7 Å². The SMILES string of the molecule is NCOCc1cccc2cn(-c3ccc([C@@]4(F)CNCC[C@H]4F)cc3)nc12. The van der Waals surface area contributed by atoms with Crippen molar-refractivity contribution in [1.29, 1.82) is 0 Å². The van der Waals surface area contributed by atoms with Gasteiger partial charge in [0, 0.05) is 23.7 Å². The van der Waals surface area contributed by atoms with E-state index >= 15 is 4.39 Å². The van der Waals surface area contributed by atoms with Gasteiger partial charge in [0.1, 0.15) is 6.17 Å². The van der Waals surface area contributed by atoms with Gasteiger partial charge in [0.15, 0.2) is 5.67 Å². The van der Waals surface area contributed by atoms with Gasteiger partial charge >= 0.3 is 0 Å². The third-order valence-electron chi connectivity index (χ3n) is 5.06. The topological polar surface area (TPSA) is 65.1 Å². The lowest BCUT2D eigenvalue weighted by Crippen LogP contribution is -2.48. The van der Waals surface area contributed by atoms with Crippen molar-refractivity contribution in [2.75, 3.05) is 19.8 Å². The first-order valence-electron chi connectivity index (χ1n) is 9.01. The predicted octanol–water partition coefficient (Wildman–Crippen LogP) is 2.95. The second kappa shape index (κ2) is 7.34. The quantitative estimate of drug-likeness (QED) is 0.676. The average molecular weight is 372 g/mol. The van der Waals surface area contributed by atoms with Crippen molar-refractivity contribution in [3.05, 3.63) is 59.8 Å². The molecule has 0 amide bonds. The van der Waals surface area contributed by atoms with Gasteiger partial charge in [0.2, 0.25) is 0 Å². The molecule has 142 valence electrons. The molecule has 27 heavy (non-hydrogen) atoms. The molecular weight excluding hydrogens is 350 g/mol. The van der Waals surface area contributed by atoms with Gasteiger partial charge < -0.3 is 15.8 Å². The van der Waals surface area contributed by atoms with Crippen LogP contribution in [0.25, 0.3) is 16.6 Å². The monoisotopic (exact) mass is 372 g/mol. The molecule has 0 bridgehead atoms. The number of benzene rings is 2. The summed E-state index contributed by atoms with van der Waals surface area (Å²) in [5.74, 6) is 0. The van der Waals surface area contributed by atoms with Gasteiger partial charge in [-0.2, -0.15) is 5.10 Å². The van der Waals surface area contributed by atoms with Gasteiger partial charge in [-0.15, -0.1) is 0 Å². The Balaban J connectivity index is 1.64. The number of hydrogen-bond donors (Lipinski definition) is 2. The molecule has 1 aromatic heterocycles. The molecule has 3 N–H and O–H groups in total. The van der Waals surface area contributed by atoms with Crippen molar-refractivity contribution in [2.45, 2.75) is 24.9 Å². The van der Waals surface area contributed by atoms with Gasteiger partial charge in [-0.3, -0.25) is 0 Å². The molecule has 7 heteroatoms. The lowest BCUT2D eigenvalue weighted by atomic mass is 9.86. The maximum absolute atomic E-state index is 15.1. The Labute approximate surface area is 156 Å². The lowest BCUT2D eigenvalue weighted by Gasteiger charge is -2.33. The van der Waals surface area contributed by atoms with Crippen LogP contribution in [0.3, 0.4) is 0 Å². The second-order valence-corrected chi connectivity index (χ2v) is 6.79. The Morgan fingerprint density at radius 1 is 1.26 bits per heavy atom. The number of alkyl halides is 2. The molecule has 0 saturated carbocycles. The van der Waals surface area contributed by atoms with Gasteiger partial charge in [-0.1, -0.05) is 30.3 Å². The van der Waals surface area contributed by atoms with E-state index in [2.05, 4.69) is 10.4 Å². The number of nitrogens with two attached hydrogens (primary N) is 1. The molecule has 2 aromatic carbocycles. The summed E-state index contributed by atoms with van der Waals surface area (Å²) in [4.78, 5) is 0. The first kappa shape index (κ1) is 18.0. The van der Waals surface area contributed by atoms with Gasteiger partial charge in [-0.25, -0.2) is 13.5 Å². The zero-order valence-corrected chi connectivity index (χ0v) is 14.9. The molecule has 0 aliphatic carbocycles. The summed E-state index contributed by atoms with van der Waals surface area (Å²) < 4.78 is 36.3. The first-order chi connectivity index (χ1) is 13.1. The van der Waals surface area contributed by atoms with Crippen LogP contribution in [-0.4, -0.2) is 35.8 Å². The molecule has 0 radical (unpaired) electrons. The number of fused-ring (bicyclic) bond motifs is 1. The number of hydrogen-bond acceptors (Lipinski definition) is 4. The van der Waals surface area contributed by atoms with Crippen LogP contribution >= 0.6 is 0 Å². The van der Waals surface area contributed by atoms with E-state index in [1.54, 1.807) is 28.9 Å². The summed E-state index contributed by atoms with van der Waals surface area (Å²) in [7, 11) is 0. The Morgan fingerprint density at radius 3 is 2.81 bits per heavy atom. The third-order valence-corrected chi connectivity index (χ3v) is 5.06. The fourth-order valence-corrected chi connectivity index (χ4v) is 3.54. The molecule has 0 unspecified atom stereocenters. The highest BCUT2D eigenvalue weighted by Crippen LogP contribution is 2.35. The van der Waals surface area contributed by atoms with Crippen molar-refractivity contribution >= 4 is 10.9 Å². The average Bonchev–Trinajstić information content (AvgIpc) is 3.14. The standard InChI is InChI=1S/C20H22F2N4O/c21-18-8-9-24-12-20(18,22)16-4-6-17(7-5-16)26-10-14-2-1-3-15(11-27-13-23)19(14)25-26/h1-7,10,18,24H,8-9,11-13,23H2/t18-,20+/m1/s1. The fourth-order valence-electron chi connectivity index (χ4n) is 3.54. The van der Waals surface area contributed by atoms with Crippen molar-refractivity contribution in [3.63, 3.8) is 0 Å². The molecule has 1 aliphatic rings. The maximum Gasteiger partial charge on any atom is 0.179 e. The van der Waals surface area contributed by atoms with Gasteiger partial charge in [0.05, 0.1) is 24.5 Å². The van der Waals surface area contributed by atoms with Crippen molar-refractivity contribution < 1.29 is 13.5 Å². The van der Waals surface area contributed by atoms with Crippen LogP contribution in [0.2, 0.25) is 0 Å². The number of halogens is 2. The number of ether oxygens (including phenoxy) is 1. The molecule has 0 spiro atoms. The molecule has 5 nitrogen and oxygen atoms in total. The third kappa shape index (κ3) is 3.34. The zero-order valence-electron chi connectivity index (χ0n) is 14.9. The van der Waals surface area contributed by atoms with E-state index < -0.39 is 11.8 Å². The van der Waals surface area contributed by atoms with Crippen LogP contribution in [0, 0.1) is 0 Å². The van der Waals surface area contributed by atoms with Crippen LogP contribution in [-0.2, 0) is 17.0 Å². The summed E-state index contributed by atoms with van der Waals surface area (Å²) >= 11 is 0. The molecule has 4 rings (SSSR count). The molecule has 1 fully saturated rings. The number of rotatable bonds is 5. The van der Waals surface area contributed by atoms with Crippen LogP contribution in [0.15, 0.2) is 48.7 Å². The first-order valence-corrected chi connectivity index (χ1v) is 9.01. The highest BCUT2D eigenvalue weighted by atomic mass is 19.2. The molecule has 3 aromatic rings. The molecule has 1 aliphatic heterocycles. The number of nitrogens with one attached hydrogen (secondary N) is 1. The van der Waals surface area contributed by atoms with Crippen LogP contribution < -0.4 is 11.1 Å². The molecule has 2 atom stereocenters. The van der Waals surface area contributed by atoms with E-state index in [1.807, 2.05) is 24.4 Å². The minimum Gasteiger partial charge on any atom is -0.362 e. The Kier molecular flexibility index (Phi) is 4.90. The maximum atomic E-state index is 15.1. The predicted molar refractivity (Wildman–Crippen MR) is 100 cm³/mol. The fraction of sp³-hybridized carbons (Fsp3) is 0.350. The second-order valence-electron chi connectivity index (χ2n) is 6.79. The van der Waals surface area contributed by atoms with E-state index in [0.29, 0.717) is 18.7 Å². The summed E-state index contributed by atoms with van der Waals surface area (Å²) in [6, 6.07) is 12.7. The van der Waals surface area contributed by atoms with Crippen molar-refractivity contribution in [2.24, 2.45) is 5.73 Å². The Morgan fingerprint density at radius 2 is 2.07 bits per heavy atom. The number of nitrogens with zero attached hydrogens (tertiary/aromatic N) is 2. The molecular formula is C20H22F2N4O. The smallest absolute Gasteiger partial charge is 0.179 e. The minimum absolute atomic E-state index is 0.0102. The summed E-state index contributed by atoms with van der Waals surface area (Å²) in [6.45, 7) is 1.03.